The highest BCUT2D eigenvalue weighted by Gasteiger charge is 2.53. The van der Waals surface area contributed by atoms with Gasteiger partial charge in [-0.25, -0.2) is 4.68 Å². The van der Waals surface area contributed by atoms with Crippen molar-refractivity contribution in [2.24, 2.45) is 0 Å². The lowest BCUT2D eigenvalue weighted by Gasteiger charge is -2.32. The van der Waals surface area contributed by atoms with Crippen LogP contribution in [0.5, 0.6) is 0 Å². The molecule has 0 spiro atoms. The Hall–Kier alpha value is -0.915. The van der Waals surface area contributed by atoms with E-state index in [1.54, 1.807) is 18.0 Å². The van der Waals surface area contributed by atoms with Gasteiger partial charge in [-0.2, -0.15) is 0 Å². The predicted octanol–water partition coefficient (Wildman–Crippen LogP) is 0.181. The van der Waals surface area contributed by atoms with Crippen molar-refractivity contribution in [2.75, 3.05) is 7.11 Å². The minimum atomic E-state index is -0.454. The molecular formula is C10H18BN3O3. The fourth-order valence-corrected chi connectivity index (χ4v) is 1.63. The number of rotatable bonds is 3. The summed E-state index contributed by atoms with van der Waals surface area (Å²) in [5, 5.41) is 7.78. The Balaban J connectivity index is 2.23. The molecule has 94 valence electrons. The van der Waals surface area contributed by atoms with E-state index in [0.717, 1.165) is 5.59 Å². The lowest BCUT2D eigenvalue weighted by Crippen LogP contribution is -2.41. The summed E-state index contributed by atoms with van der Waals surface area (Å²) in [5.74, 6) is 0. The van der Waals surface area contributed by atoms with Crippen molar-refractivity contribution in [3.63, 3.8) is 0 Å². The first kappa shape index (κ1) is 12.5. The molecule has 0 saturated carbocycles. The topological polar surface area (TPSA) is 58.4 Å². The first-order valence-corrected chi connectivity index (χ1v) is 5.60. The Labute approximate surface area is 101 Å². The van der Waals surface area contributed by atoms with E-state index in [9.17, 15) is 0 Å². The van der Waals surface area contributed by atoms with Crippen LogP contribution in [0.25, 0.3) is 0 Å². The van der Waals surface area contributed by atoms with Crippen LogP contribution in [0, 0.1) is 0 Å². The van der Waals surface area contributed by atoms with Gasteiger partial charge < -0.3 is 14.0 Å². The zero-order chi connectivity index (χ0) is 12.7. The second-order valence-electron chi connectivity index (χ2n) is 5.16. The van der Waals surface area contributed by atoms with Crippen molar-refractivity contribution in [3.05, 3.63) is 6.20 Å². The smallest absolute Gasteiger partial charge is 0.398 e. The summed E-state index contributed by atoms with van der Waals surface area (Å²) in [6.45, 7) is 8.38. The van der Waals surface area contributed by atoms with E-state index >= 15 is 0 Å². The molecular weight excluding hydrogens is 221 g/mol. The van der Waals surface area contributed by atoms with Crippen LogP contribution in [-0.2, 0) is 20.8 Å². The summed E-state index contributed by atoms with van der Waals surface area (Å²) in [7, 11) is 1.15. The van der Waals surface area contributed by atoms with Gasteiger partial charge >= 0.3 is 7.12 Å². The minimum Gasteiger partial charge on any atom is -0.398 e. The molecule has 2 rings (SSSR count). The molecule has 7 heteroatoms. The summed E-state index contributed by atoms with van der Waals surface area (Å²) >= 11 is 0. The maximum atomic E-state index is 5.92. The molecule has 0 bridgehead atoms. The second kappa shape index (κ2) is 4.08. The maximum Gasteiger partial charge on any atom is 0.516 e. The van der Waals surface area contributed by atoms with Crippen LogP contribution < -0.4 is 5.59 Å². The van der Waals surface area contributed by atoms with E-state index in [1.165, 1.54) is 0 Å². The molecule has 1 aromatic heterocycles. The van der Waals surface area contributed by atoms with E-state index in [-0.39, 0.29) is 11.2 Å². The van der Waals surface area contributed by atoms with Crippen LogP contribution in [0.3, 0.4) is 0 Å². The van der Waals surface area contributed by atoms with Gasteiger partial charge in [-0.15, -0.1) is 5.10 Å². The normalized spacial score (nSPS) is 22.1. The predicted molar refractivity (Wildman–Crippen MR) is 62.7 cm³/mol. The van der Waals surface area contributed by atoms with Crippen LogP contribution in [0.15, 0.2) is 6.20 Å². The highest BCUT2D eigenvalue weighted by atomic mass is 16.7. The zero-order valence-corrected chi connectivity index (χ0v) is 10.9. The third-order valence-corrected chi connectivity index (χ3v) is 3.39. The average molecular weight is 239 g/mol. The molecule has 0 N–H and O–H groups in total. The van der Waals surface area contributed by atoms with Crippen molar-refractivity contribution in [3.8, 4) is 0 Å². The van der Waals surface area contributed by atoms with Gasteiger partial charge in [0.2, 0.25) is 0 Å². The average Bonchev–Trinajstić information content (AvgIpc) is 2.71. The first-order chi connectivity index (χ1) is 7.87. The Morgan fingerprint density at radius 1 is 1.29 bits per heavy atom. The van der Waals surface area contributed by atoms with Crippen LogP contribution >= 0.6 is 0 Å². The summed E-state index contributed by atoms with van der Waals surface area (Å²) in [6, 6.07) is 0. The standard InChI is InChI=1S/C10H18BN3O3/c1-9(2)10(3,4)17-11(16-9)8-6-12-13-14(8)7-15-5/h6H,7H2,1-5H3. The minimum absolute atomic E-state index is 0.333. The third kappa shape index (κ3) is 2.10. The number of methoxy groups -OCH3 is 1. The summed E-state index contributed by atoms with van der Waals surface area (Å²) in [5.41, 5.74) is 0.0464. The zero-order valence-electron chi connectivity index (χ0n) is 10.9. The fourth-order valence-electron chi connectivity index (χ4n) is 1.63. The van der Waals surface area contributed by atoms with E-state index in [1.807, 2.05) is 27.7 Å². The Morgan fingerprint density at radius 2 is 1.88 bits per heavy atom. The van der Waals surface area contributed by atoms with Crippen molar-refractivity contribution in [1.29, 1.82) is 0 Å². The second-order valence-corrected chi connectivity index (χ2v) is 5.16. The molecule has 0 aliphatic carbocycles. The van der Waals surface area contributed by atoms with Crippen LogP contribution in [0.4, 0.5) is 0 Å². The molecule has 6 nitrogen and oxygen atoms in total. The lowest BCUT2D eigenvalue weighted by molar-refractivity contribution is 0.00578. The Bertz CT molecular complexity index is 389. The first-order valence-electron chi connectivity index (χ1n) is 5.60. The van der Waals surface area contributed by atoms with Crippen LogP contribution in [0.1, 0.15) is 27.7 Å². The lowest BCUT2D eigenvalue weighted by atomic mass is 9.85. The molecule has 1 aliphatic heterocycles. The van der Waals surface area contributed by atoms with Crippen molar-refractivity contribution < 1.29 is 14.0 Å². The highest BCUT2D eigenvalue weighted by Crippen LogP contribution is 2.36. The largest absolute Gasteiger partial charge is 0.516 e. The van der Waals surface area contributed by atoms with Gasteiger partial charge in [-0.1, -0.05) is 5.21 Å². The van der Waals surface area contributed by atoms with Gasteiger partial charge in [0.05, 0.1) is 23.0 Å². The van der Waals surface area contributed by atoms with E-state index < -0.39 is 7.12 Å². The van der Waals surface area contributed by atoms with Crippen LogP contribution in [0.2, 0.25) is 0 Å². The molecule has 1 aromatic rings. The van der Waals surface area contributed by atoms with Gasteiger partial charge in [0.1, 0.15) is 6.73 Å². The molecule has 1 saturated heterocycles. The number of hydrogen-bond acceptors (Lipinski definition) is 5. The molecule has 2 heterocycles. The van der Waals surface area contributed by atoms with E-state index in [2.05, 4.69) is 10.3 Å². The molecule has 17 heavy (non-hydrogen) atoms. The molecule has 0 unspecified atom stereocenters. The summed E-state index contributed by atoms with van der Waals surface area (Å²) in [6.07, 6.45) is 1.64. The molecule has 1 aliphatic rings. The number of ether oxygens (including phenoxy) is 1. The Kier molecular flexibility index (Phi) is 3.01. The van der Waals surface area contributed by atoms with Gasteiger partial charge in [-0.3, -0.25) is 0 Å². The van der Waals surface area contributed by atoms with E-state index in [0.29, 0.717) is 6.73 Å². The molecule has 0 radical (unpaired) electrons. The number of aromatic nitrogens is 3. The van der Waals surface area contributed by atoms with Crippen molar-refractivity contribution in [1.82, 2.24) is 15.0 Å². The molecule has 0 aromatic carbocycles. The van der Waals surface area contributed by atoms with Gasteiger partial charge in [0.15, 0.2) is 0 Å². The fraction of sp³-hybridized carbons (Fsp3) is 0.800. The molecule has 0 atom stereocenters. The van der Waals surface area contributed by atoms with Crippen molar-refractivity contribution >= 4 is 12.7 Å². The molecule has 0 amide bonds. The SMILES string of the molecule is COCn1nncc1B1OC(C)(C)C(C)(C)O1. The third-order valence-electron chi connectivity index (χ3n) is 3.39. The maximum absolute atomic E-state index is 5.92. The van der Waals surface area contributed by atoms with Crippen LogP contribution in [-0.4, -0.2) is 40.4 Å². The van der Waals surface area contributed by atoms with Gasteiger partial charge in [0.25, 0.3) is 0 Å². The van der Waals surface area contributed by atoms with E-state index in [4.69, 9.17) is 14.0 Å². The summed E-state index contributed by atoms with van der Waals surface area (Å²) < 4.78 is 18.5. The Morgan fingerprint density at radius 3 is 2.41 bits per heavy atom. The molecule has 1 fully saturated rings. The van der Waals surface area contributed by atoms with Gasteiger partial charge in [-0.05, 0) is 27.7 Å². The summed E-state index contributed by atoms with van der Waals surface area (Å²) in [4.78, 5) is 0. The number of hydrogen-bond donors (Lipinski definition) is 0. The highest BCUT2D eigenvalue weighted by molar-refractivity contribution is 6.61. The number of nitrogens with zero attached hydrogens (tertiary/aromatic N) is 3. The monoisotopic (exact) mass is 239 g/mol. The van der Waals surface area contributed by atoms with Crippen molar-refractivity contribution in [2.45, 2.75) is 45.6 Å². The quantitative estimate of drug-likeness (QED) is 0.704. The van der Waals surface area contributed by atoms with Gasteiger partial charge in [0, 0.05) is 7.11 Å².